The van der Waals surface area contributed by atoms with E-state index in [1.54, 1.807) is 6.20 Å². The van der Waals surface area contributed by atoms with Crippen molar-refractivity contribution in [3.63, 3.8) is 0 Å². The van der Waals surface area contributed by atoms with Gasteiger partial charge < -0.3 is 5.32 Å². The van der Waals surface area contributed by atoms with E-state index in [0.717, 1.165) is 17.9 Å². The van der Waals surface area contributed by atoms with Gasteiger partial charge in [-0.15, -0.1) is 5.10 Å². The third kappa shape index (κ3) is 3.87. The standard InChI is InChI=1S/C10H17N3/c1-3-4-5-6-11-10-7-9(2)8-12-13-10/h7-8H,3-6H2,1-2H3,(H,11,13). The van der Waals surface area contributed by atoms with Gasteiger partial charge in [-0.2, -0.15) is 5.10 Å². The molecule has 0 spiro atoms. The maximum atomic E-state index is 3.98. The van der Waals surface area contributed by atoms with Crippen LogP contribution >= 0.6 is 0 Å². The number of unbranched alkanes of at least 4 members (excludes halogenated alkanes) is 2. The van der Waals surface area contributed by atoms with Crippen molar-refractivity contribution >= 4 is 5.82 Å². The average Bonchev–Trinajstić information content (AvgIpc) is 2.13. The summed E-state index contributed by atoms with van der Waals surface area (Å²) in [7, 11) is 0. The summed E-state index contributed by atoms with van der Waals surface area (Å²) in [6.07, 6.45) is 5.48. The molecule has 0 radical (unpaired) electrons. The van der Waals surface area contributed by atoms with Crippen LogP contribution in [0.15, 0.2) is 12.3 Å². The van der Waals surface area contributed by atoms with Crippen LogP contribution in [-0.4, -0.2) is 16.7 Å². The summed E-state index contributed by atoms with van der Waals surface area (Å²) in [5.74, 6) is 0.885. The van der Waals surface area contributed by atoms with Crippen LogP contribution in [-0.2, 0) is 0 Å². The minimum atomic E-state index is 0.885. The molecule has 3 nitrogen and oxygen atoms in total. The predicted molar refractivity (Wildman–Crippen MR) is 54.8 cm³/mol. The molecule has 1 aromatic rings. The number of aromatic nitrogens is 2. The third-order valence-corrected chi connectivity index (χ3v) is 1.88. The van der Waals surface area contributed by atoms with Crippen molar-refractivity contribution in [3.8, 4) is 0 Å². The number of rotatable bonds is 5. The lowest BCUT2D eigenvalue weighted by Crippen LogP contribution is -2.03. The molecule has 0 bridgehead atoms. The number of hydrogen-bond acceptors (Lipinski definition) is 3. The lowest BCUT2D eigenvalue weighted by atomic mass is 10.2. The van der Waals surface area contributed by atoms with Gasteiger partial charge in [-0.25, -0.2) is 0 Å². The van der Waals surface area contributed by atoms with Crippen LogP contribution in [0, 0.1) is 6.92 Å². The summed E-state index contributed by atoms with van der Waals surface area (Å²) in [6, 6.07) is 2.01. The second kappa shape index (κ2) is 5.51. The third-order valence-electron chi connectivity index (χ3n) is 1.88. The molecule has 3 heteroatoms. The molecule has 0 saturated heterocycles. The maximum Gasteiger partial charge on any atom is 0.148 e. The largest absolute Gasteiger partial charge is 0.369 e. The Labute approximate surface area is 79.6 Å². The SMILES string of the molecule is CCCCCNc1cc(C)cnn1. The Balaban J connectivity index is 2.28. The van der Waals surface area contributed by atoms with Gasteiger partial charge in [-0.3, -0.25) is 0 Å². The number of aryl methyl sites for hydroxylation is 1. The second-order valence-electron chi connectivity index (χ2n) is 3.25. The predicted octanol–water partition coefficient (Wildman–Crippen LogP) is 2.39. The molecule has 0 fully saturated rings. The first-order valence-corrected chi connectivity index (χ1v) is 4.86. The number of nitrogens with zero attached hydrogens (tertiary/aromatic N) is 2. The van der Waals surface area contributed by atoms with E-state index in [0.29, 0.717) is 0 Å². The molecule has 72 valence electrons. The maximum absolute atomic E-state index is 3.98. The molecule has 0 saturated carbocycles. The highest BCUT2D eigenvalue weighted by Crippen LogP contribution is 2.03. The van der Waals surface area contributed by atoms with Crippen molar-refractivity contribution in [2.75, 3.05) is 11.9 Å². The van der Waals surface area contributed by atoms with Gasteiger partial charge in [0.05, 0.1) is 6.20 Å². The Hall–Kier alpha value is -1.12. The van der Waals surface area contributed by atoms with E-state index in [9.17, 15) is 0 Å². The van der Waals surface area contributed by atoms with Gasteiger partial charge in [-0.05, 0) is 25.0 Å². The van der Waals surface area contributed by atoms with Gasteiger partial charge in [0.15, 0.2) is 0 Å². The second-order valence-corrected chi connectivity index (χ2v) is 3.25. The highest BCUT2D eigenvalue weighted by Gasteiger charge is 1.93. The Bertz CT molecular complexity index is 248. The van der Waals surface area contributed by atoms with Crippen molar-refractivity contribution in [1.29, 1.82) is 0 Å². The fourth-order valence-electron chi connectivity index (χ4n) is 1.14. The highest BCUT2D eigenvalue weighted by molar-refractivity contribution is 5.34. The smallest absolute Gasteiger partial charge is 0.148 e. The van der Waals surface area contributed by atoms with Crippen molar-refractivity contribution in [2.45, 2.75) is 33.1 Å². The number of nitrogens with one attached hydrogen (secondary N) is 1. The molecule has 0 aromatic carbocycles. The van der Waals surface area contributed by atoms with Gasteiger partial charge in [0.1, 0.15) is 5.82 Å². The summed E-state index contributed by atoms with van der Waals surface area (Å²) < 4.78 is 0. The Morgan fingerprint density at radius 2 is 2.23 bits per heavy atom. The molecule has 0 amide bonds. The molecule has 0 atom stereocenters. The topological polar surface area (TPSA) is 37.8 Å². The zero-order valence-corrected chi connectivity index (χ0v) is 8.38. The van der Waals surface area contributed by atoms with E-state index in [2.05, 4.69) is 22.4 Å². The van der Waals surface area contributed by atoms with Gasteiger partial charge >= 0.3 is 0 Å². The van der Waals surface area contributed by atoms with Crippen LogP contribution in [0.25, 0.3) is 0 Å². The molecule has 0 aliphatic rings. The summed E-state index contributed by atoms with van der Waals surface area (Å²) in [6.45, 7) is 5.21. The molecule has 1 rings (SSSR count). The van der Waals surface area contributed by atoms with E-state index >= 15 is 0 Å². The van der Waals surface area contributed by atoms with Gasteiger partial charge in [0, 0.05) is 6.54 Å². The molecular formula is C10H17N3. The fourth-order valence-corrected chi connectivity index (χ4v) is 1.14. The van der Waals surface area contributed by atoms with E-state index in [-0.39, 0.29) is 0 Å². The van der Waals surface area contributed by atoms with Gasteiger partial charge in [0.25, 0.3) is 0 Å². The van der Waals surface area contributed by atoms with Gasteiger partial charge in [0.2, 0.25) is 0 Å². The molecule has 0 aliphatic carbocycles. The Kier molecular flexibility index (Phi) is 4.23. The van der Waals surface area contributed by atoms with E-state index in [1.807, 2.05) is 13.0 Å². The molecule has 0 aliphatic heterocycles. The van der Waals surface area contributed by atoms with Gasteiger partial charge in [-0.1, -0.05) is 19.8 Å². The summed E-state index contributed by atoms with van der Waals surface area (Å²) >= 11 is 0. The zero-order valence-electron chi connectivity index (χ0n) is 8.38. The van der Waals surface area contributed by atoms with E-state index in [4.69, 9.17) is 0 Å². The molecule has 1 heterocycles. The van der Waals surface area contributed by atoms with E-state index < -0.39 is 0 Å². The van der Waals surface area contributed by atoms with Crippen LogP contribution in [0.4, 0.5) is 5.82 Å². The highest BCUT2D eigenvalue weighted by atomic mass is 15.2. The number of anilines is 1. The van der Waals surface area contributed by atoms with Crippen LogP contribution in [0.5, 0.6) is 0 Å². The minimum Gasteiger partial charge on any atom is -0.369 e. The number of hydrogen-bond donors (Lipinski definition) is 1. The zero-order chi connectivity index (χ0) is 9.52. The normalized spacial score (nSPS) is 10.0. The molecule has 13 heavy (non-hydrogen) atoms. The van der Waals surface area contributed by atoms with Crippen molar-refractivity contribution < 1.29 is 0 Å². The Morgan fingerprint density at radius 1 is 1.38 bits per heavy atom. The van der Waals surface area contributed by atoms with Crippen LogP contribution < -0.4 is 5.32 Å². The first-order chi connectivity index (χ1) is 6.33. The summed E-state index contributed by atoms with van der Waals surface area (Å²) in [5.41, 5.74) is 1.15. The first-order valence-electron chi connectivity index (χ1n) is 4.86. The summed E-state index contributed by atoms with van der Waals surface area (Å²) in [5, 5.41) is 11.1. The lowest BCUT2D eigenvalue weighted by Gasteiger charge is -2.03. The average molecular weight is 179 g/mol. The van der Waals surface area contributed by atoms with E-state index in [1.165, 1.54) is 19.3 Å². The van der Waals surface area contributed by atoms with Crippen LogP contribution in [0.3, 0.4) is 0 Å². The quantitative estimate of drug-likeness (QED) is 0.705. The fraction of sp³-hybridized carbons (Fsp3) is 0.600. The van der Waals surface area contributed by atoms with Crippen LogP contribution in [0.2, 0.25) is 0 Å². The molecule has 0 unspecified atom stereocenters. The lowest BCUT2D eigenvalue weighted by molar-refractivity contribution is 0.741. The minimum absolute atomic E-state index is 0.885. The first kappa shape index (κ1) is 9.96. The monoisotopic (exact) mass is 179 g/mol. The molecule has 1 aromatic heterocycles. The molecular weight excluding hydrogens is 162 g/mol. The van der Waals surface area contributed by atoms with Crippen LogP contribution in [0.1, 0.15) is 31.7 Å². The molecule has 1 N–H and O–H groups in total. The van der Waals surface area contributed by atoms with Crippen molar-refractivity contribution in [2.24, 2.45) is 0 Å². The summed E-state index contributed by atoms with van der Waals surface area (Å²) in [4.78, 5) is 0. The Morgan fingerprint density at radius 3 is 2.92 bits per heavy atom. The van der Waals surface area contributed by atoms with Crippen molar-refractivity contribution in [1.82, 2.24) is 10.2 Å². The van der Waals surface area contributed by atoms with Crippen molar-refractivity contribution in [3.05, 3.63) is 17.8 Å².